The number of ether oxygens (including phenoxy) is 1. The van der Waals surface area contributed by atoms with Gasteiger partial charge in [0.2, 0.25) is 0 Å². The van der Waals surface area contributed by atoms with E-state index >= 15 is 0 Å². The number of halogens is 4. The molecule has 0 atom stereocenters. The van der Waals surface area contributed by atoms with Crippen LogP contribution in [0.15, 0.2) is 54.2 Å². The van der Waals surface area contributed by atoms with Crippen LogP contribution < -0.4 is 0 Å². The molecule has 0 N–H and O–H groups in total. The van der Waals surface area contributed by atoms with Crippen LogP contribution in [-0.4, -0.2) is 17.1 Å². The maximum absolute atomic E-state index is 13.2. The number of nitriles is 1. The Morgan fingerprint density at radius 1 is 1.23 bits per heavy atom. The van der Waals surface area contributed by atoms with E-state index in [0.29, 0.717) is 27.6 Å². The third-order valence-corrected chi connectivity index (χ3v) is 5.05. The number of para-hydroxylation sites is 1. The fourth-order valence-electron chi connectivity index (χ4n) is 3.39. The molecular formula is C23H18ClF3N2O2. The highest BCUT2D eigenvalue weighted by Crippen LogP contribution is 2.34. The minimum atomic E-state index is -4.45. The third kappa shape index (κ3) is 4.75. The maximum atomic E-state index is 13.2. The number of rotatable bonds is 5. The summed E-state index contributed by atoms with van der Waals surface area (Å²) in [6, 6.07) is 12.8. The minimum Gasteiger partial charge on any atom is -0.462 e. The molecule has 8 heteroatoms. The SMILES string of the molecule is CCOC(=O)/C(C#N)=C(\Cl)c1cn(Cc2cc(C)cc(C(F)(F)F)c2)c2ccccc12. The van der Waals surface area contributed by atoms with E-state index < -0.39 is 17.7 Å². The Labute approximate surface area is 182 Å². The highest BCUT2D eigenvalue weighted by molar-refractivity contribution is 6.52. The normalized spacial score (nSPS) is 12.4. The number of hydrogen-bond acceptors (Lipinski definition) is 3. The van der Waals surface area contributed by atoms with Crippen molar-refractivity contribution >= 4 is 33.5 Å². The van der Waals surface area contributed by atoms with Gasteiger partial charge in [-0.05, 0) is 37.6 Å². The summed E-state index contributed by atoms with van der Waals surface area (Å²) in [5.41, 5.74) is 1.03. The van der Waals surface area contributed by atoms with Crippen molar-refractivity contribution in [3.63, 3.8) is 0 Å². The van der Waals surface area contributed by atoms with Gasteiger partial charge in [0.1, 0.15) is 6.07 Å². The quantitative estimate of drug-likeness (QED) is 0.272. The fraction of sp³-hybridized carbons (Fsp3) is 0.217. The summed E-state index contributed by atoms with van der Waals surface area (Å²) < 4.78 is 46.3. The van der Waals surface area contributed by atoms with Crippen LogP contribution in [0.25, 0.3) is 15.9 Å². The summed E-state index contributed by atoms with van der Waals surface area (Å²) in [5, 5.41) is 9.99. The van der Waals surface area contributed by atoms with Crippen molar-refractivity contribution in [2.24, 2.45) is 0 Å². The van der Waals surface area contributed by atoms with Crippen LogP contribution >= 0.6 is 11.6 Å². The van der Waals surface area contributed by atoms with Crippen LogP contribution in [0, 0.1) is 18.3 Å². The Kier molecular flexibility index (Phi) is 6.42. The van der Waals surface area contributed by atoms with Crippen molar-refractivity contribution in [1.82, 2.24) is 4.57 Å². The van der Waals surface area contributed by atoms with Gasteiger partial charge in [0.15, 0.2) is 5.57 Å². The van der Waals surface area contributed by atoms with Crippen molar-refractivity contribution in [1.29, 1.82) is 5.26 Å². The number of carbonyl (C=O) groups is 1. The van der Waals surface area contributed by atoms with Crippen LogP contribution in [0.1, 0.15) is 29.2 Å². The van der Waals surface area contributed by atoms with E-state index in [1.807, 2.05) is 0 Å². The van der Waals surface area contributed by atoms with E-state index in [4.69, 9.17) is 16.3 Å². The highest BCUT2D eigenvalue weighted by atomic mass is 35.5. The lowest BCUT2D eigenvalue weighted by Crippen LogP contribution is -2.08. The standard InChI is InChI=1S/C23H18ClF3N2O2/c1-3-31-22(30)18(11-28)21(24)19-13-29(20-7-5-4-6-17(19)20)12-15-8-14(2)9-16(10-15)23(25,26)27/h4-10,13H,3,12H2,1-2H3/b21-18-. The average Bonchev–Trinajstić information content (AvgIpc) is 3.06. The molecule has 0 bridgehead atoms. The maximum Gasteiger partial charge on any atom is 0.416 e. The van der Waals surface area contributed by atoms with Crippen molar-refractivity contribution in [3.8, 4) is 6.07 Å². The molecule has 0 unspecified atom stereocenters. The Hall–Kier alpha value is -3.24. The van der Waals surface area contributed by atoms with Crippen molar-refractivity contribution in [3.05, 3.63) is 76.5 Å². The van der Waals surface area contributed by atoms with Gasteiger partial charge in [0, 0.05) is 29.2 Å². The Bertz CT molecular complexity index is 1220. The fourth-order valence-corrected chi connectivity index (χ4v) is 3.66. The highest BCUT2D eigenvalue weighted by Gasteiger charge is 2.31. The molecule has 0 fully saturated rings. The minimum absolute atomic E-state index is 0.0730. The summed E-state index contributed by atoms with van der Waals surface area (Å²) in [5.74, 6) is -0.833. The molecule has 31 heavy (non-hydrogen) atoms. The van der Waals surface area contributed by atoms with Gasteiger partial charge in [0.25, 0.3) is 0 Å². The number of fused-ring (bicyclic) bond motifs is 1. The monoisotopic (exact) mass is 446 g/mol. The first-order valence-corrected chi connectivity index (χ1v) is 9.76. The number of hydrogen-bond donors (Lipinski definition) is 0. The molecule has 0 radical (unpaired) electrons. The molecule has 0 saturated heterocycles. The zero-order valence-electron chi connectivity index (χ0n) is 16.8. The number of benzene rings is 2. The van der Waals surface area contributed by atoms with Crippen molar-refractivity contribution in [2.75, 3.05) is 6.61 Å². The molecule has 0 saturated carbocycles. The molecule has 0 aliphatic carbocycles. The predicted octanol–water partition coefficient (Wildman–Crippen LogP) is 6.05. The second-order valence-electron chi connectivity index (χ2n) is 6.91. The van der Waals surface area contributed by atoms with E-state index in [1.165, 1.54) is 0 Å². The first-order chi connectivity index (χ1) is 14.7. The van der Waals surface area contributed by atoms with E-state index in [-0.39, 0.29) is 23.8 Å². The molecule has 3 rings (SSSR count). The lowest BCUT2D eigenvalue weighted by molar-refractivity contribution is -0.138. The van der Waals surface area contributed by atoms with Crippen LogP contribution in [-0.2, 0) is 22.3 Å². The molecule has 2 aromatic carbocycles. The Balaban J connectivity index is 2.12. The molecule has 1 heterocycles. The Morgan fingerprint density at radius 2 is 1.94 bits per heavy atom. The molecular weight excluding hydrogens is 429 g/mol. The second kappa shape index (κ2) is 8.86. The van der Waals surface area contributed by atoms with Crippen LogP contribution in [0.5, 0.6) is 0 Å². The number of alkyl halides is 3. The lowest BCUT2D eigenvalue weighted by Gasteiger charge is -2.12. The molecule has 3 aromatic rings. The topological polar surface area (TPSA) is 55.0 Å². The number of aromatic nitrogens is 1. The lowest BCUT2D eigenvalue weighted by atomic mass is 10.1. The Morgan fingerprint density at radius 3 is 2.58 bits per heavy atom. The molecule has 4 nitrogen and oxygen atoms in total. The van der Waals surface area contributed by atoms with Gasteiger partial charge >= 0.3 is 12.1 Å². The first-order valence-electron chi connectivity index (χ1n) is 9.38. The van der Waals surface area contributed by atoms with Gasteiger partial charge in [-0.2, -0.15) is 18.4 Å². The van der Waals surface area contributed by atoms with E-state index in [2.05, 4.69) is 0 Å². The largest absolute Gasteiger partial charge is 0.462 e. The summed E-state index contributed by atoms with van der Waals surface area (Å²) in [7, 11) is 0. The van der Waals surface area contributed by atoms with Crippen LogP contribution in [0.2, 0.25) is 0 Å². The van der Waals surface area contributed by atoms with E-state index in [0.717, 1.165) is 12.1 Å². The number of nitrogens with zero attached hydrogens (tertiary/aromatic N) is 2. The smallest absolute Gasteiger partial charge is 0.416 e. The molecule has 160 valence electrons. The van der Waals surface area contributed by atoms with Gasteiger partial charge in [-0.15, -0.1) is 0 Å². The summed E-state index contributed by atoms with van der Waals surface area (Å²) in [6.07, 6.45) is -2.82. The second-order valence-corrected chi connectivity index (χ2v) is 7.29. The van der Waals surface area contributed by atoms with Gasteiger partial charge < -0.3 is 9.30 Å². The van der Waals surface area contributed by atoms with Crippen LogP contribution in [0.4, 0.5) is 13.2 Å². The summed E-state index contributed by atoms with van der Waals surface area (Å²) in [6.45, 7) is 3.46. The first kappa shape index (κ1) is 22.4. The molecule has 0 aliphatic rings. The summed E-state index contributed by atoms with van der Waals surface area (Å²) >= 11 is 6.40. The van der Waals surface area contributed by atoms with E-state index in [9.17, 15) is 23.2 Å². The number of aryl methyl sites for hydroxylation is 1. The molecule has 1 aromatic heterocycles. The molecule has 0 spiro atoms. The number of esters is 1. The zero-order valence-corrected chi connectivity index (χ0v) is 17.5. The van der Waals surface area contributed by atoms with Crippen LogP contribution in [0.3, 0.4) is 0 Å². The summed E-state index contributed by atoms with van der Waals surface area (Å²) in [4.78, 5) is 12.1. The van der Waals surface area contributed by atoms with Gasteiger partial charge in [-0.25, -0.2) is 4.79 Å². The predicted molar refractivity (Wildman–Crippen MR) is 112 cm³/mol. The number of carbonyl (C=O) groups excluding carboxylic acids is 1. The zero-order chi connectivity index (χ0) is 22.8. The van der Waals surface area contributed by atoms with E-state index in [1.54, 1.807) is 61.0 Å². The van der Waals surface area contributed by atoms with Crippen molar-refractivity contribution < 1.29 is 22.7 Å². The molecule has 0 aliphatic heterocycles. The third-order valence-electron chi connectivity index (χ3n) is 4.65. The van der Waals surface area contributed by atoms with Gasteiger partial charge in [0.05, 0.1) is 17.2 Å². The van der Waals surface area contributed by atoms with Crippen molar-refractivity contribution in [2.45, 2.75) is 26.6 Å². The van der Waals surface area contributed by atoms with Gasteiger partial charge in [-0.3, -0.25) is 0 Å². The van der Waals surface area contributed by atoms with Gasteiger partial charge in [-0.1, -0.05) is 41.4 Å². The average molecular weight is 447 g/mol. The molecule has 0 amide bonds.